The number of aromatic nitrogens is 2. The van der Waals surface area contributed by atoms with Crippen LogP contribution < -0.4 is 0 Å². The fraction of sp³-hybridized carbons (Fsp3) is 0.0526. The molecular weight excluding hydrogens is 713 g/mol. The number of hydrogen-bond acceptors (Lipinski definition) is 0. The van der Waals surface area contributed by atoms with Gasteiger partial charge in [0.05, 0.1) is 5.41 Å². The fourth-order valence-corrected chi connectivity index (χ4v) is 11.0. The molecule has 2 aromatic heterocycles. The lowest BCUT2D eigenvalue weighted by Gasteiger charge is -2.31. The van der Waals surface area contributed by atoms with Crippen molar-refractivity contribution in [2.24, 2.45) is 7.05 Å². The van der Waals surface area contributed by atoms with Gasteiger partial charge in [-0.15, -0.1) is 0 Å². The standard InChI is InChI=1S/C57H38N2/c1-58-53-21-11-7-17-45(53)47-31-37(25-29-54(47)58)39-23-27-43-44-28-24-40(34-52(44)57(51(43)33-39)49-19-9-5-15-41(49)42-16-6-10-20-50(42)57)38-26-30-56-48(32-38)46-18-8-12-22-55(46)59(56)35-36-13-3-2-4-14-36/h2-34H,35H2,1H3. The largest absolute Gasteiger partial charge is 0.344 e. The van der Waals surface area contributed by atoms with E-state index >= 15 is 0 Å². The molecule has 11 aromatic rings. The SMILES string of the molecule is Cn1c2ccccc2c2cc(-c3ccc4c(c3)C3(c5ccccc5-c5ccccc53)c3cc(-c5ccc6c(c5)c5ccccc5n6Cc5ccccc5)ccc3-4)ccc21. The van der Waals surface area contributed by atoms with E-state index in [4.69, 9.17) is 0 Å². The number of para-hydroxylation sites is 2. The van der Waals surface area contributed by atoms with Crippen molar-refractivity contribution in [1.29, 1.82) is 0 Å². The lowest BCUT2D eigenvalue weighted by atomic mass is 9.70. The lowest BCUT2D eigenvalue weighted by Crippen LogP contribution is -2.26. The summed E-state index contributed by atoms with van der Waals surface area (Å²) >= 11 is 0. The van der Waals surface area contributed by atoms with Gasteiger partial charge in [0.25, 0.3) is 0 Å². The van der Waals surface area contributed by atoms with E-state index in [0.29, 0.717) is 0 Å². The quantitative estimate of drug-likeness (QED) is 0.170. The molecule has 0 saturated heterocycles. The van der Waals surface area contributed by atoms with Gasteiger partial charge in [0.2, 0.25) is 0 Å². The summed E-state index contributed by atoms with van der Waals surface area (Å²) in [6.45, 7) is 0.834. The lowest BCUT2D eigenvalue weighted by molar-refractivity contribution is 0.794. The Labute approximate surface area is 342 Å². The summed E-state index contributed by atoms with van der Waals surface area (Å²) in [4.78, 5) is 0. The fourth-order valence-electron chi connectivity index (χ4n) is 11.0. The molecule has 2 aliphatic rings. The molecule has 276 valence electrons. The van der Waals surface area contributed by atoms with Crippen molar-refractivity contribution < 1.29 is 0 Å². The number of fused-ring (bicyclic) bond motifs is 16. The van der Waals surface area contributed by atoms with Crippen molar-refractivity contribution in [3.05, 3.63) is 228 Å². The first kappa shape index (κ1) is 32.6. The molecule has 0 bridgehead atoms. The van der Waals surface area contributed by atoms with Gasteiger partial charge in [-0.1, -0.05) is 152 Å². The minimum absolute atomic E-state index is 0.455. The second kappa shape index (κ2) is 12.0. The normalized spacial score (nSPS) is 13.4. The summed E-state index contributed by atoms with van der Waals surface area (Å²) in [5, 5.41) is 5.16. The molecule has 0 N–H and O–H groups in total. The van der Waals surface area contributed by atoms with Crippen LogP contribution in [0.3, 0.4) is 0 Å². The van der Waals surface area contributed by atoms with Gasteiger partial charge in [0.1, 0.15) is 0 Å². The van der Waals surface area contributed by atoms with Gasteiger partial charge < -0.3 is 9.13 Å². The Morgan fingerprint density at radius 3 is 1.41 bits per heavy atom. The van der Waals surface area contributed by atoms with Crippen molar-refractivity contribution in [2.45, 2.75) is 12.0 Å². The monoisotopic (exact) mass is 750 g/mol. The Hall–Kier alpha value is -7.42. The Morgan fingerprint density at radius 2 is 0.763 bits per heavy atom. The molecule has 0 radical (unpaired) electrons. The zero-order chi connectivity index (χ0) is 38.8. The smallest absolute Gasteiger partial charge is 0.0725 e. The Balaban J connectivity index is 1.02. The zero-order valence-electron chi connectivity index (χ0n) is 32.7. The van der Waals surface area contributed by atoms with Crippen LogP contribution in [0.25, 0.3) is 88.1 Å². The minimum Gasteiger partial charge on any atom is -0.344 e. The molecule has 13 rings (SSSR count). The molecule has 0 amide bonds. The van der Waals surface area contributed by atoms with Gasteiger partial charge in [-0.25, -0.2) is 0 Å². The molecule has 0 unspecified atom stereocenters. The molecule has 0 atom stereocenters. The number of benzene rings is 9. The Kier molecular flexibility index (Phi) is 6.67. The molecule has 2 heteroatoms. The van der Waals surface area contributed by atoms with Crippen LogP contribution in [0.1, 0.15) is 27.8 Å². The molecule has 2 heterocycles. The maximum Gasteiger partial charge on any atom is 0.0725 e. The number of aryl methyl sites for hydroxylation is 1. The first-order valence-corrected chi connectivity index (χ1v) is 20.7. The summed E-state index contributed by atoms with van der Waals surface area (Å²) in [5.74, 6) is 0. The third-order valence-electron chi connectivity index (χ3n) is 13.6. The molecule has 2 nitrogen and oxygen atoms in total. The third kappa shape index (κ3) is 4.41. The summed E-state index contributed by atoms with van der Waals surface area (Å²) in [6, 6.07) is 75.3. The molecular formula is C57H38N2. The highest BCUT2D eigenvalue weighted by atomic mass is 15.0. The average Bonchev–Trinajstić information content (AvgIpc) is 3.98. The summed E-state index contributed by atoms with van der Waals surface area (Å²) in [5.41, 5.74) is 21.5. The van der Waals surface area contributed by atoms with E-state index in [1.165, 1.54) is 116 Å². The van der Waals surface area contributed by atoms with Crippen LogP contribution in [-0.2, 0) is 19.0 Å². The van der Waals surface area contributed by atoms with Crippen molar-refractivity contribution in [3.63, 3.8) is 0 Å². The first-order valence-electron chi connectivity index (χ1n) is 20.7. The van der Waals surface area contributed by atoms with E-state index in [2.05, 4.69) is 216 Å². The Bertz CT molecular complexity index is 3500. The van der Waals surface area contributed by atoms with Crippen molar-refractivity contribution >= 4 is 43.6 Å². The van der Waals surface area contributed by atoms with Gasteiger partial charge in [-0.2, -0.15) is 0 Å². The van der Waals surface area contributed by atoms with Gasteiger partial charge in [0, 0.05) is 57.2 Å². The van der Waals surface area contributed by atoms with Gasteiger partial charge in [0.15, 0.2) is 0 Å². The van der Waals surface area contributed by atoms with Crippen molar-refractivity contribution in [2.75, 3.05) is 0 Å². The molecule has 0 aliphatic heterocycles. The highest BCUT2D eigenvalue weighted by molar-refractivity contribution is 6.11. The second-order valence-electron chi connectivity index (χ2n) is 16.5. The first-order chi connectivity index (χ1) is 29.2. The summed E-state index contributed by atoms with van der Waals surface area (Å²) in [7, 11) is 2.17. The van der Waals surface area contributed by atoms with Crippen molar-refractivity contribution in [3.8, 4) is 44.5 Å². The highest BCUT2D eigenvalue weighted by Gasteiger charge is 2.51. The zero-order valence-corrected chi connectivity index (χ0v) is 32.7. The predicted molar refractivity (Wildman–Crippen MR) is 246 cm³/mol. The van der Waals surface area contributed by atoms with E-state index in [9.17, 15) is 0 Å². The van der Waals surface area contributed by atoms with Gasteiger partial charge >= 0.3 is 0 Å². The third-order valence-corrected chi connectivity index (χ3v) is 13.6. The van der Waals surface area contributed by atoms with Crippen LogP contribution in [0, 0.1) is 0 Å². The summed E-state index contributed by atoms with van der Waals surface area (Å²) in [6.07, 6.45) is 0. The van der Waals surface area contributed by atoms with Gasteiger partial charge in [-0.05, 0) is 121 Å². The molecule has 0 saturated carbocycles. The summed E-state index contributed by atoms with van der Waals surface area (Å²) < 4.78 is 4.79. The number of nitrogens with zero attached hydrogens (tertiary/aromatic N) is 2. The van der Waals surface area contributed by atoms with Crippen LogP contribution in [0.5, 0.6) is 0 Å². The molecule has 9 aromatic carbocycles. The molecule has 1 spiro atoms. The maximum absolute atomic E-state index is 2.51. The van der Waals surface area contributed by atoms with E-state index < -0.39 is 5.41 Å². The topological polar surface area (TPSA) is 9.86 Å². The Morgan fingerprint density at radius 1 is 0.339 bits per heavy atom. The van der Waals surface area contributed by atoms with Crippen LogP contribution in [-0.4, -0.2) is 9.13 Å². The van der Waals surface area contributed by atoms with E-state index in [1.807, 2.05) is 0 Å². The maximum atomic E-state index is 2.51. The van der Waals surface area contributed by atoms with Crippen LogP contribution >= 0.6 is 0 Å². The number of rotatable bonds is 4. The van der Waals surface area contributed by atoms with E-state index in [0.717, 1.165) is 6.54 Å². The van der Waals surface area contributed by atoms with Crippen molar-refractivity contribution in [1.82, 2.24) is 9.13 Å². The number of hydrogen-bond donors (Lipinski definition) is 0. The minimum atomic E-state index is -0.455. The average molecular weight is 751 g/mol. The van der Waals surface area contributed by atoms with Gasteiger partial charge in [-0.3, -0.25) is 0 Å². The highest BCUT2D eigenvalue weighted by Crippen LogP contribution is 2.63. The molecule has 59 heavy (non-hydrogen) atoms. The second-order valence-corrected chi connectivity index (χ2v) is 16.5. The van der Waals surface area contributed by atoms with Crippen LogP contribution in [0.4, 0.5) is 0 Å². The molecule has 2 aliphatic carbocycles. The van der Waals surface area contributed by atoms with Crippen LogP contribution in [0.2, 0.25) is 0 Å². The predicted octanol–water partition coefficient (Wildman–Crippen LogP) is 14.2. The van der Waals surface area contributed by atoms with E-state index in [1.54, 1.807) is 0 Å². The van der Waals surface area contributed by atoms with Crippen LogP contribution in [0.15, 0.2) is 200 Å². The van der Waals surface area contributed by atoms with E-state index in [-0.39, 0.29) is 0 Å². The molecule has 0 fully saturated rings.